The van der Waals surface area contributed by atoms with Gasteiger partial charge in [-0.25, -0.2) is 4.79 Å². The summed E-state index contributed by atoms with van der Waals surface area (Å²) < 4.78 is 10.4. The van der Waals surface area contributed by atoms with Crippen molar-refractivity contribution in [3.63, 3.8) is 0 Å². The fraction of sp³-hybridized carbons (Fsp3) is 0.867. The summed E-state index contributed by atoms with van der Waals surface area (Å²) >= 11 is 0. The highest BCUT2D eigenvalue weighted by Gasteiger charge is 2.21. The minimum absolute atomic E-state index is 0.0746. The van der Waals surface area contributed by atoms with Gasteiger partial charge in [-0.3, -0.25) is 4.79 Å². The lowest BCUT2D eigenvalue weighted by Gasteiger charge is -2.24. The zero-order valence-electron chi connectivity index (χ0n) is 14.0. The third kappa shape index (κ3) is 12.2. The van der Waals surface area contributed by atoms with Gasteiger partial charge in [0.2, 0.25) is 0 Å². The zero-order valence-corrected chi connectivity index (χ0v) is 14.0. The molecule has 0 radical (unpaired) electrons. The molecule has 124 valence electrons. The number of nitrogens with one attached hydrogen (secondary N) is 1. The Labute approximate surface area is 127 Å². The molecule has 21 heavy (non-hydrogen) atoms. The molecule has 0 spiro atoms. The van der Waals surface area contributed by atoms with Gasteiger partial charge in [-0.15, -0.1) is 0 Å². The number of carbonyl (C=O) groups excluding carboxylic acids is 2. The van der Waals surface area contributed by atoms with Crippen LogP contribution < -0.4 is 5.32 Å². The molecular formula is C15H29NO5. The molecule has 0 aliphatic heterocycles. The molecule has 0 aliphatic carbocycles. The van der Waals surface area contributed by atoms with E-state index >= 15 is 0 Å². The first-order chi connectivity index (χ1) is 9.43. The Bertz CT molecular complexity index is 341. The number of esters is 1. The van der Waals surface area contributed by atoms with Crippen molar-refractivity contribution in [3.8, 4) is 0 Å². The molecule has 0 aromatic rings. The van der Waals surface area contributed by atoms with Crippen LogP contribution in [0.4, 0.5) is 4.79 Å². The van der Waals surface area contributed by atoms with Crippen LogP contribution >= 0.6 is 0 Å². The topological polar surface area (TPSA) is 84.9 Å². The van der Waals surface area contributed by atoms with Crippen molar-refractivity contribution in [1.29, 1.82) is 0 Å². The van der Waals surface area contributed by atoms with E-state index in [-0.39, 0.29) is 25.0 Å². The van der Waals surface area contributed by atoms with Crippen LogP contribution in [-0.2, 0) is 14.3 Å². The fourth-order valence-corrected chi connectivity index (χ4v) is 1.60. The van der Waals surface area contributed by atoms with Crippen LogP contribution in [0.3, 0.4) is 0 Å². The molecule has 0 unspecified atom stereocenters. The molecule has 6 heteroatoms. The van der Waals surface area contributed by atoms with E-state index in [1.165, 1.54) is 0 Å². The number of aliphatic hydroxyl groups excluding tert-OH is 1. The van der Waals surface area contributed by atoms with E-state index in [4.69, 9.17) is 14.6 Å². The van der Waals surface area contributed by atoms with Gasteiger partial charge in [0.25, 0.3) is 0 Å². The largest absolute Gasteiger partial charge is 0.460 e. The van der Waals surface area contributed by atoms with Crippen LogP contribution in [0.25, 0.3) is 0 Å². The van der Waals surface area contributed by atoms with Crippen molar-refractivity contribution >= 4 is 12.1 Å². The average Bonchev–Trinajstić information content (AvgIpc) is 2.21. The molecule has 0 aromatic carbocycles. The predicted molar refractivity (Wildman–Crippen MR) is 79.9 cm³/mol. The maximum absolute atomic E-state index is 11.7. The maximum Gasteiger partial charge on any atom is 0.407 e. The third-order valence-corrected chi connectivity index (χ3v) is 2.32. The van der Waals surface area contributed by atoms with E-state index in [0.717, 1.165) is 0 Å². The van der Waals surface area contributed by atoms with Crippen molar-refractivity contribution in [2.24, 2.45) is 0 Å². The highest BCUT2D eigenvalue weighted by molar-refractivity contribution is 5.70. The van der Waals surface area contributed by atoms with Crippen molar-refractivity contribution < 1.29 is 24.2 Å². The lowest BCUT2D eigenvalue weighted by molar-refractivity contribution is -0.155. The van der Waals surface area contributed by atoms with E-state index in [0.29, 0.717) is 12.8 Å². The molecule has 0 fully saturated rings. The van der Waals surface area contributed by atoms with Crippen molar-refractivity contribution in [3.05, 3.63) is 0 Å². The minimum Gasteiger partial charge on any atom is -0.460 e. The number of hydrogen-bond donors (Lipinski definition) is 2. The predicted octanol–water partition coefficient (Wildman–Crippen LogP) is 2.38. The fourth-order valence-electron chi connectivity index (χ4n) is 1.60. The molecule has 1 atom stereocenters. The number of alkyl carbamates (subject to hydrolysis) is 1. The van der Waals surface area contributed by atoms with Crippen LogP contribution in [0.5, 0.6) is 0 Å². The highest BCUT2D eigenvalue weighted by Crippen LogP contribution is 2.12. The summed E-state index contributed by atoms with van der Waals surface area (Å²) in [7, 11) is 0. The number of amides is 1. The van der Waals surface area contributed by atoms with Crippen molar-refractivity contribution in [1.82, 2.24) is 5.32 Å². The summed E-state index contributed by atoms with van der Waals surface area (Å²) in [5.74, 6) is -0.323. The molecule has 0 aromatic heterocycles. The first-order valence-electron chi connectivity index (χ1n) is 7.25. The van der Waals surface area contributed by atoms with E-state index in [2.05, 4.69) is 5.32 Å². The Morgan fingerprint density at radius 2 is 1.52 bits per heavy atom. The number of rotatable bonds is 6. The summed E-state index contributed by atoms with van der Waals surface area (Å²) in [5.41, 5.74) is -1.11. The first kappa shape index (κ1) is 19.7. The molecule has 0 heterocycles. The lowest BCUT2D eigenvalue weighted by Crippen LogP contribution is -2.40. The first-order valence-corrected chi connectivity index (χ1v) is 7.25. The summed E-state index contributed by atoms with van der Waals surface area (Å²) in [5, 5.41) is 11.7. The van der Waals surface area contributed by atoms with Gasteiger partial charge < -0.3 is 19.9 Å². The summed E-state index contributed by atoms with van der Waals surface area (Å²) in [6.45, 7) is 10.6. The van der Waals surface area contributed by atoms with Gasteiger partial charge in [-0.05, 0) is 54.4 Å². The standard InChI is InChI=1S/C15H29NO5/c1-14(2,3)20-12(18)8-7-11(9-10-17)16-13(19)21-15(4,5)6/h11,17H,7-10H2,1-6H3,(H,16,19)/t11-/m0/s1. The SMILES string of the molecule is CC(C)(C)OC(=O)CC[C@@H](CCO)NC(=O)OC(C)(C)C. The minimum atomic E-state index is -0.584. The number of ether oxygens (including phenoxy) is 2. The van der Waals surface area contributed by atoms with Crippen LogP contribution in [0.2, 0.25) is 0 Å². The second kappa shape index (κ2) is 8.22. The van der Waals surface area contributed by atoms with Gasteiger partial charge in [-0.2, -0.15) is 0 Å². The molecule has 0 rings (SSSR count). The summed E-state index contributed by atoms with van der Waals surface area (Å²) in [6.07, 6.45) is 0.388. The normalized spacial score (nSPS) is 13.5. The molecule has 0 aliphatic rings. The highest BCUT2D eigenvalue weighted by atomic mass is 16.6. The van der Waals surface area contributed by atoms with Gasteiger partial charge in [0.1, 0.15) is 11.2 Å². The molecule has 0 bridgehead atoms. The van der Waals surface area contributed by atoms with E-state index < -0.39 is 17.3 Å². The monoisotopic (exact) mass is 303 g/mol. The summed E-state index contributed by atoms with van der Waals surface area (Å²) in [4.78, 5) is 23.3. The van der Waals surface area contributed by atoms with Gasteiger partial charge in [-0.1, -0.05) is 0 Å². The Hall–Kier alpha value is -1.30. The number of carbonyl (C=O) groups is 2. The van der Waals surface area contributed by atoms with Gasteiger partial charge in [0, 0.05) is 19.1 Å². The van der Waals surface area contributed by atoms with Crippen molar-refractivity contribution in [2.75, 3.05) is 6.61 Å². The Balaban J connectivity index is 4.31. The molecular weight excluding hydrogens is 274 g/mol. The number of aliphatic hydroxyl groups is 1. The molecule has 2 N–H and O–H groups in total. The van der Waals surface area contributed by atoms with Gasteiger partial charge >= 0.3 is 12.1 Å². The maximum atomic E-state index is 11.7. The zero-order chi connectivity index (χ0) is 16.7. The van der Waals surface area contributed by atoms with Crippen LogP contribution in [0.15, 0.2) is 0 Å². The second-order valence-electron chi connectivity index (χ2n) is 6.98. The molecule has 6 nitrogen and oxygen atoms in total. The van der Waals surface area contributed by atoms with Gasteiger partial charge in [0.05, 0.1) is 0 Å². The molecule has 1 amide bonds. The lowest BCUT2D eigenvalue weighted by atomic mass is 10.1. The van der Waals surface area contributed by atoms with E-state index in [1.807, 2.05) is 0 Å². The molecule has 0 saturated carbocycles. The third-order valence-electron chi connectivity index (χ3n) is 2.32. The van der Waals surface area contributed by atoms with Crippen LogP contribution in [-0.4, -0.2) is 41.0 Å². The quantitative estimate of drug-likeness (QED) is 0.736. The van der Waals surface area contributed by atoms with Crippen LogP contribution in [0, 0.1) is 0 Å². The number of hydrogen-bond acceptors (Lipinski definition) is 5. The average molecular weight is 303 g/mol. The summed E-state index contributed by atoms with van der Waals surface area (Å²) in [6, 6.07) is -0.322. The smallest absolute Gasteiger partial charge is 0.407 e. The Kier molecular flexibility index (Phi) is 7.71. The Morgan fingerprint density at radius 1 is 1.00 bits per heavy atom. The van der Waals surface area contributed by atoms with Crippen LogP contribution in [0.1, 0.15) is 60.8 Å². The van der Waals surface area contributed by atoms with E-state index in [9.17, 15) is 9.59 Å². The second-order valence-corrected chi connectivity index (χ2v) is 6.98. The molecule has 0 saturated heterocycles. The Morgan fingerprint density at radius 3 is 1.95 bits per heavy atom. The van der Waals surface area contributed by atoms with Gasteiger partial charge in [0.15, 0.2) is 0 Å². The van der Waals surface area contributed by atoms with E-state index in [1.54, 1.807) is 41.5 Å². The van der Waals surface area contributed by atoms with Crippen molar-refractivity contribution in [2.45, 2.75) is 78.0 Å².